The van der Waals surface area contributed by atoms with Crippen molar-refractivity contribution in [2.24, 2.45) is 0 Å². The summed E-state index contributed by atoms with van der Waals surface area (Å²) in [5.41, 5.74) is 10.7. The van der Waals surface area contributed by atoms with E-state index in [9.17, 15) is 9.41 Å². The second-order valence-corrected chi connectivity index (χ2v) is 16.8. The molecule has 2 nitrogen and oxygen atoms in total. The van der Waals surface area contributed by atoms with Gasteiger partial charge in [-0.3, -0.25) is 0 Å². The average Bonchev–Trinajstić information content (AvgIpc) is 3.43. The van der Waals surface area contributed by atoms with Gasteiger partial charge in [-0.1, -0.05) is 97.9 Å². The molecule has 0 saturated heterocycles. The third-order valence-electron chi connectivity index (χ3n) is 13.2. The summed E-state index contributed by atoms with van der Waals surface area (Å²) in [6.07, 6.45) is 3.60. The maximum atomic E-state index is 11.1. The van der Waals surface area contributed by atoms with Crippen LogP contribution in [-0.4, -0.2) is 14.3 Å². The van der Waals surface area contributed by atoms with Crippen molar-refractivity contribution in [2.45, 2.75) is 55.1 Å². The van der Waals surface area contributed by atoms with Crippen LogP contribution in [0.1, 0.15) is 76.3 Å². The predicted octanol–water partition coefficient (Wildman–Crippen LogP) is 15.2. The Balaban J connectivity index is 0.000000149. The molecule has 328 valence electrons. The van der Waals surface area contributed by atoms with Gasteiger partial charge in [-0.05, 0) is 23.1 Å². The molecule has 0 aliphatic carbocycles. The number of benzene rings is 9. The molecule has 0 bridgehead atoms. The van der Waals surface area contributed by atoms with Gasteiger partial charge in [0.05, 0.1) is 0 Å². The van der Waals surface area contributed by atoms with Gasteiger partial charge in [0.2, 0.25) is 0 Å². The van der Waals surface area contributed by atoms with E-state index in [1.807, 2.05) is 36.4 Å². The van der Waals surface area contributed by atoms with Gasteiger partial charge in [-0.2, -0.15) is 0 Å². The van der Waals surface area contributed by atoms with E-state index in [0.29, 0.717) is 12.6 Å². The van der Waals surface area contributed by atoms with Gasteiger partial charge in [0.1, 0.15) is 0 Å². The van der Waals surface area contributed by atoms with Crippen molar-refractivity contribution < 1.29 is 9.41 Å². The molecule has 0 aliphatic rings. The topological polar surface area (TPSA) is 34.1 Å². The van der Waals surface area contributed by atoms with Crippen LogP contribution in [0.25, 0.3) is 0 Å². The summed E-state index contributed by atoms with van der Waals surface area (Å²) in [5.74, 6) is 0. The molecule has 0 fully saturated rings. The number of hydrogen-bond donors (Lipinski definition) is 0. The fourth-order valence-corrected chi connectivity index (χ4v) is 10.0. The first-order valence-electron chi connectivity index (χ1n) is 23.5. The van der Waals surface area contributed by atoms with Crippen LogP contribution in [0.4, 0.5) is 0 Å². The summed E-state index contributed by atoms with van der Waals surface area (Å²) < 4.78 is 22.3. The van der Waals surface area contributed by atoms with Crippen LogP contribution in [0.5, 0.6) is 0 Å². The third kappa shape index (κ3) is 10.9. The van der Waals surface area contributed by atoms with Crippen molar-refractivity contribution in [3.05, 3.63) is 323 Å². The summed E-state index contributed by atoms with van der Waals surface area (Å²) in [6.45, 7) is 2.27. The number of rotatable bonds is 16. The number of hydrogen-bond acceptors (Lipinski definition) is 2. The molecule has 9 rings (SSSR count). The first-order valence-corrected chi connectivity index (χ1v) is 23.5. The van der Waals surface area contributed by atoms with Gasteiger partial charge in [-0.25, -0.2) is 0 Å². The van der Waals surface area contributed by atoms with Crippen molar-refractivity contribution >= 4 is 14.3 Å². The third-order valence-corrected chi connectivity index (χ3v) is 13.2. The standard InChI is InChI=1S/2C21H19BO.C21H20/c2*23-22-17-16-21(18-10-4-1-5-11-18,19-12-6-2-7-13-19)20-14-8-3-9-15-20;1-2-21(18-12-6-3-7-13-18,19-14-8-4-9-15-19)20-16-10-5-11-17-20/h2*1-15H,16-17H2;3-17H,2H2,1H3. The maximum absolute atomic E-state index is 11.1. The Bertz CT molecular complexity index is 2350. The molecule has 0 spiro atoms. The van der Waals surface area contributed by atoms with E-state index >= 15 is 0 Å². The summed E-state index contributed by atoms with van der Waals surface area (Å²) in [5, 5.41) is 0. The second-order valence-electron chi connectivity index (χ2n) is 16.8. The second kappa shape index (κ2) is 24.3. The van der Waals surface area contributed by atoms with E-state index < -0.39 is 0 Å². The normalized spacial score (nSPS) is 11.1. The van der Waals surface area contributed by atoms with Crippen molar-refractivity contribution in [2.75, 3.05) is 0 Å². The molecule has 0 aromatic heterocycles. The molecule has 67 heavy (non-hydrogen) atoms. The molecule has 0 N–H and O–H groups in total. The van der Waals surface area contributed by atoms with Gasteiger partial charge in [-0.15, -0.1) is 0 Å². The SMILES string of the molecule is CCC(c1ccccc1)(c1ccccc1)c1ccccc1.O=BCCC(c1ccccc1)(c1ccccc1)c1ccccc1.O=BCCC(c1ccccc1)(c1ccccc1)c1ccccc1. The van der Waals surface area contributed by atoms with Gasteiger partial charge >= 0.3 is 275 Å². The molecular formula is C63H58B2O2. The van der Waals surface area contributed by atoms with E-state index in [-0.39, 0.29) is 16.2 Å². The summed E-state index contributed by atoms with van der Waals surface area (Å²) >= 11 is 0. The Hall–Kier alpha value is -7.29. The van der Waals surface area contributed by atoms with E-state index in [1.54, 1.807) is 0 Å². The Kier molecular flexibility index (Phi) is 17.3. The predicted molar refractivity (Wildman–Crippen MR) is 280 cm³/mol. The Morgan fingerprint density at radius 1 is 0.254 bits per heavy atom. The average molecular weight is 869 g/mol. The zero-order valence-corrected chi connectivity index (χ0v) is 38.5. The van der Waals surface area contributed by atoms with Crippen LogP contribution in [0.15, 0.2) is 273 Å². The molecule has 0 amide bonds. The minimum atomic E-state index is -0.301. The Labute approximate surface area is 400 Å². The molecule has 0 aliphatic heterocycles. The fourth-order valence-electron chi connectivity index (χ4n) is 10.0. The van der Waals surface area contributed by atoms with Crippen molar-refractivity contribution in [1.82, 2.24) is 0 Å². The molecule has 0 unspecified atom stereocenters. The van der Waals surface area contributed by atoms with Crippen LogP contribution < -0.4 is 0 Å². The van der Waals surface area contributed by atoms with Gasteiger partial charge in [0.25, 0.3) is 0 Å². The van der Waals surface area contributed by atoms with Crippen molar-refractivity contribution in [1.29, 1.82) is 0 Å². The van der Waals surface area contributed by atoms with Gasteiger partial charge in [0.15, 0.2) is 0 Å². The molecule has 0 radical (unpaired) electrons. The van der Waals surface area contributed by atoms with Crippen LogP contribution in [0, 0.1) is 0 Å². The molecular weight excluding hydrogens is 810 g/mol. The van der Waals surface area contributed by atoms with Crippen LogP contribution in [-0.2, 0) is 25.7 Å². The first-order chi connectivity index (χ1) is 33.1. The van der Waals surface area contributed by atoms with E-state index in [1.165, 1.54) is 50.1 Å². The molecule has 0 saturated carbocycles. The van der Waals surface area contributed by atoms with Crippen LogP contribution >= 0.6 is 0 Å². The van der Waals surface area contributed by atoms with E-state index in [0.717, 1.165) is 33.6 Å². The van der Waals surface area contributed by atoms with Crippen LogP contribution in [0.3, 0.4) is 0 Å². The zero-order valence-electron chi connectivity index (χ0n) is 38.5. The Morgan fingerprint density at radius 3 is 0.537 bits per heavy atom. The minimum absolute atomic E-state index is 0.0796. The van der Waals surface area contributed by atoms with Crippen molar-refractivity contribution in [3.8, 4) is 0 Å². The quantitative estimate of drug-likeness (QED) is 0.0716. The summed E-state index contributed by atoms with van der Waals surface area (Å²) in [6, 6.07) is 95.3. The molecule has 9 aromatic carbocycles. The van der Waals surface area contributed by atoms with Gasteiger partial charge in [0, 0.05) is 5.41 Å². The molecule has 9 aromatic rings. The Morgan fingerprint density at radius 2 is 0.403 bits per heavy atom. The fraction of sp³-hybridized carbons (Fsp3) is 0.143. The van der Waals surface area contributed by atoms with E-state index in [4.69, 9.17) is 0 Å². The molecule has 4 heteroatoms. The molecule has 0 heterocycles. The monoisotopic (exact) mass is 868 g/mol. The summed E-state index contributed by atoms with van der Waals surface area (Å²) in [4.78, 5) is 0. The van der Waals surface area contributed by atoms with E-state index in [2.05, 4.69) is 244 Å². The van der Waals surface area contributed by atoms with Crippen LogP contribution in [0.2, 0.25) is 12.6 Å². The zero-order chi connectivity index (χ0) is 46.5. The van der Waals surface area contributed by atoms with Gasteiger partial charge < -0.3 is 0 Å². The molecule has 0 atom stereocenters. The van der Waals surface area contributed by atoms with Crippen molar-refractivity contribution in [3.63, 3.8) is 0 Å². The first kappa shape index (κ1) is 47.7. The summed E-state index contributed by atoms with van der Waals surface area (Å²) in [7, 11) is 2.03.